The summed E-state index contributed by atoms with van der Waals surface area (Å²) in [6.07, 6.45) is -4.55. The number of hydrogen-bond donors (Lipinski definition) is 1. The van der Waals surface area contributed by atoms with E-state index in [1.165, 1.54) is 24.3 Å². The predicted octanol–water partition coefficient (Wildman–Crippen LogP) is 4.27. The molecule has 1 N–H and O–H groups in total. The molecule has 0 aliphatic carbocycles. The zero-order chi connectivity index (χ0) is 15.7. The summed E-state index contributed by atoms with van der Waals surface area (Å²) < 4.78 is 64.6. The molecule has 0 aromatic heterocycles. The summed E-state index contributed by atoms with van der Waals surface area (Å²) in [6.45, 7) is 0. The molecule has 0 heterocycles. The third-order valence-corrected chi connectivity index (χ3v) is 4.66. The van der Waals surface area contributed by atoms with Gasteiger partial charge in [-0.2, -0.15) is 13.2 Å². The Morgan fingerprint density at radius 3 is 2.19 bits per heavy atom. The van der Waals surface area contributed by atoms with Gasteiger partial charge in [0, 0.05) is 4.47 Å². The number of hydrogen-bond acceptors (Lipinski definition) is 2. The fourth-order valence-corrected chi connectivity index (χ4v) is 3.15. The quantitative estimate of drug-likeness (QED) is 0.865. The number of alkyl halides is 3. The summed E-state index contributed by atoms with van der Waals surface area (Å²) in [5.74, 6) is 0. The fraction of sp³-hybridized carbons (Fsp3) is 0.0769. The molecule has 8 heteroatoms. The van der Waals surface area contributed by atoms with Gasteiger partial charge < -0.3 is 0 Å². The average molecular weight is 380 g/mol. The molecule has 0 atom stereocenters. The van der Waals surface area contributed by atoms with Crippen molar-refractivity contribution in [1.82, 2.24) is 0 Å². The smallest absolute Gasteiger partial charge is 0.278 e. The monoisotopic (exact) mass is 379 g/mol. The van der Waals surface area contributed by atoms with Gasteiger partial charge in [-0.1, -0.05) is 18.2 Å². The van der Waals surface area contributed by atoms with E-state index < -0.39 is 21.8 Å². The van der Waals surface area contributed by atoms with Crippen LogP contribution >= 0.6 is 15.9 Å². The Labute approximate surface area is 128 Å². The molecule has 112 valence electrons. The Morgan fingerprint density at radius 2 is 1.62 bits per heavy atom. The van der Waals surface area contributed by atoms with E-state index in [2.05, 4.69) is 20.7 Å². The van der Waals surface area contributed by atoms with Crippen LogP contribution in [0, 0.1) is 0 Å². The van der Waals surface area contributed by atoms with Gasteiger partial charge in [-0.05, 0) is 46.3 Å². The molecule has 0 saturated carbocycles. The standard InChI is InChI=1S/C13H9BrF3NO2S/c14-11-7-6-9(13(15,16)17)8-12(11)18-21(19,20)10-4-2-1-3-5-10/h1-8,18H. The first kappa shape index (κ1) is 15.8. The van der Waals surface area contributed by atoms with Crippen molar-refractivity contribution in [3.63, 3.8) is 0 Å². The summed E-state index contributed by atoms with van der Waals surface area (Å²) >= 11 is 3.03. The van der Waals surface area contributed by atoms with E-state index in [-0.39, 0.29) is 15.1 Å². The Balaban J connectivity index is 2.40. The molecule has 0 amide bonds. The van der Waals surface area contributed by atoms with Crippen molar-refractivity contribution in [3.05, 3.63) is 58.6 Å². The van der Waals surface area contributed by atoms with Gasteiger partial charge in [0.05, 0.1) is 16.1 Å². The van der Waals surface area contributed by atoms with Crippen LogP contribution in [0.25, 0.3) is 0 Å². The van der Waals surface area contributed by atoms with E-state index in [0.29, 0.717) is 0 Å². The van der Waals surface area contributed by atoms with Crippen LogP contribution in [0.4, 0.5) is 18.9 Å². The van der Waals surface area contributed by atoms with Crippen molar-refractivity contribution in [2.45, 2.75) is 11.1 Å². The molecule has 0 radical (unpaired) electrons. The lowest BCUT2D eigenvalue weighted by Crippen LogP contribution is -2.14. The van der Waals surface area contributed by atoms with E-state index in [9.17, 15) is 21.6 Å². The first-order chi connectivity index (χ1) is 9.70. The molecule has 3 nitrogen and oxygen atoms in total. The zero-order valence-corrected chi connectivity index (χ0v) is 12.8. The summed E-state index contributed by atoms with van der Waals surface area (Å²) in [7, 11) is -3.95. The molecule has 21 heavy (non-hydrogen) atoms. The minimum atomic E-state index is -4.55. The van der Waals surface area contributed by atoms with Crippen molar-refractivity contribution >= 4 is 31.6 Å². The third-order valence-electron chi connectivity index (χ3n) is 2.59. The maximum atomic E-state index is 12.7. The molecule has 2 aromatic carbocycles. The summed E-state index contributed by atoms with van der Waals surface area (Å²) in [5.41, 5.74) is -1.11. The highest BCUT2D eigenvalue weighted by Crippen LogP contribution is 2.34. The van der Waals surface area contributed by atoms with Crippen LogP contribution in [0.1, 0.15) is 5.56 Å². The highest BCUT2D eigenvalue weighted by Gasteiger charge is 2.31. The average Bonchev–Trinajstić information content (AvgIpc) is 2.41. The topological polar surface area (TPSA) is 46.2 Å². The van der Waals surface area contributed by atoms with E-state index in [1.807, 2.05) is 0 Å². The van der Waals surface area contributed by atoms with Crippen molar-refractivity contribution < 1.29 is 21.6 Å². The van der Waals surface area contributed by atoms with Gasteiger partial charge in [-0.3, -0.25) is 4.72 Å². The first-order valence-electron chi connectivity index (χ1n) is 5.65. The highest BCUT2D eigenvalue weighted by atomic mass is 79.9. The molecule has 0 aliphatic heterocycles. The van der Waals surface area contributed by atoms with Crippen LogP contribution < -0.4 is 4.72 Å². The summed E-state index contributed by atoms with van der Waals surface area (Å²) in [4.78, 5) is -0.0330. The minimum Gasteiger partial charge on any atom is -0.278 e. The van der Waals surface area contributed by atoms with Crippen LogP contribution in [-0.2, 0) is 16.2 Å². The molecule has 2 rings (SSSR count). The van der Waals surface area contributed by atoms with Gasteiger partial charge in [0.15, 0.2) is 0 Å². The van der Waals surface area contributed by atoms with E-state index in [0.717, 1.165) is 18.2 Å². The van der Waals surface area contributed by atoms with Gasteiger partial charge in [0.1, 0.15) is 0 Å². The second-order valence-electron chi connectivity index (χ2n) is 4.11. The van der Waals surface area contributed by atoms with E-state index in [4.69, 9.17) is 0 Å². The molecule has 0 bridgehead atoms. The second kappa shape index (κ2) is 5.69. The number of halogens is 4. The summed E-state index contributed by atoms with van der Waals surface area (Å²) in [5, 5.41) is 0. The normalized spacial score (nSPS) is 12.2. The molecule has 0 fully saturated rings. The molecule has 0 spiro atoms. The first-order valence-corrected chi connectivity index (χ1v) is 7.92. The van der Waals surface area contributed by atoms with Gasteiger partial charge in [-0.25, -0.2) is 8.42 Å². The Kier molecular flexibility index (Phi) is 4.29. The lowest BCUT2D eigenvalue weighted by atomic mass is 10.2. The van der Waals surface area contributed by atoms with Gasteiger partial charge in [0.2, 0.25) is 0 Å². The molecule has 0 aliphatic rings. The van der Waals surface area contributed by atoms with Crippen molar-refractivity contribution in [1.29, 1.82) is 0 Å². The van der Waals surface area contributed by atoms with Gasteiger partial charge >= 0.3 is 6.18 Å². The highest BCUT2D eigenvalue weighted by molar-refractivity contribution is 9.10. The Hall–Kier alpha value is -1.54. The van der Waals surface area contributed by atoms with Crippen LogP contribution in [-0.4, -0.2) is 8.42 Å². The van der Waals surface area contributed by atoms with Crippen molar-refractivity contribution in [3.8, 4) is 0 Å². The predicted molar refractivity (Wildman–Crippen MR) is 76.4 cm³/mol. The third kappa shape index (κ3) is 3.76. The molecule has 2 aromatic rings. The number of rotatable bonds is 3. The van der Waals surface area contributed by atoms with Crippen LogP contribution in [0.15, 0.2) is 57.9 Å². The largest absolute Gasteiger partial charge is 0.416 e. The molecular weight excluding hydrogens is 371 g/mol. The SMILES string of the molecule is O=S(=O)(Nc1cc(C(F)(F)F)ccc1Br)c1ccccc1. The lowest BCUT2D eigenvalue weighted by Gasteiger charge is -2.13. The molecular formula is C13H9BrF3NO2S. The zero-order valence-electron chi connectivity index (χ0n) is 10.4. The minimum absolute atomic E-state index is 0.0330. The van der Waals surface area contributed by atoms with Crippen LogP contribution in [0.5, 0.6) is 0 Å². The molecule has 0 unspecified atom stereocenters. The fourth-order valence-electron chi connectivity index (χ4n) is 1.58. The second-order valence-corrected chi connectivity index (χ2v) is 6.65. The number of benzene rings is 2. The number of nitrogens with one attached hydrogen (secondary N) is 1. The summed E-state index contributed by atoms with van der Waals surface area (Å²) in [6, 6.07) is 10.1. The number of sulfonamides is 1. The Bertz CT molecular complexity index is 746. The van der Waals surface area contributed by atoms with Crippen LogP contribution in [0.3, 0.4) is 0 Å². The van der Waals surface area contributed by atoms with Gasteiger partial charge in [-0.15, -0.1) is 0 Å². The van der Waals surface area contributed by atoms with Gasteiger partial charge in [0.25, 0.3) is 10.0 Å². The van der Waals surface area contributed by atoms with Crippen molar-refractivity contribution in [2.75, 3.05) is 4.72 Å². The van der Waals surface area contributed by atoms with E-state index in [1.54, 1.807) is 6.07 Å². The number of anilines is 1. The maximum absolute atomic E-state index is 12.7. The Morgan fingerprint density at radius 1 is 1.00 bits per heavy atom. The van der Waals surface area contributed by atoms with E-state index >= 15 is 0 Å². The maximum Gasteiger partial charge on any atom is 0.416 e. The molecule has 0 saturated heterocycles. The van der Waals surface area contributed by atoms with Crippen molar-refractivity contribution in [2.24, 2.45) is 0 Å². The van der Waals surface area contributed by atoms with Crippen LogP contribution in [0.2, 0.25) is 0 Å². The lowest BCUT2D eigenvalue weighted by molar-refractivity contribution is -0.137.